The van der Waals surface area contributed by atoms with Gasteiger partial charge in [-0.3, -0.25) is 0 Å². The van der Waals surface area contributed by atoms with E-state index in [0.717, 1.165) is 17.7 Å². The normalized spacial score (nSPS) is 22.1. The number of para-hydroxylation sites is 1. The summed E-state index contributed by atoms with van der Waals surface area (Å²) >= 11 is 0. The van der Waals surface area contributed by atoms with E-state index in [9.17, 15) is 17.2 Å². The number of aromatic nitrogens is 2. The highest BCUT2D eigenvalue weighted by atomic mass is 32.2. The summed E-state index contributed by atoms with van der Waals surface area (Å²) in [6, 6.07) is 13.7. The van der Waals surface area contributed by atoms with Crippen molar-refractivity contribution in [3.05, 3.63) is 88.6 Å². The van der Waals surface area contributed by atoms with E-state index in [4.69, 9.17) is 14.8 Å². The number of fused-ring (bicyclic) bond motifs is 2. The largest absolute Gasteiger partial charge is 0.493 e. The van der Waals surface area contributed by atoms with E-state index >= 15 is 0 Å². The molecule has 1 saturated heterocycles. The quantitative estimate of drug-likeness (QED) is 0.329. The van der Waals surface area contributed by atoms with Gasteiger partial charge in [-0.2, -0.15) is 18.2 Å². The molecule has 43 heavy (non-hydrogen) atoms. The van der Waals surface area contributed by atoms with Gasteiger partial charge in [-0.15, -0.1) is 0 Å². The van der Waals surface area contributed by atoms with Crippen molar-refractivity contribution < 1.29 is 26.7 Å². The fourth-order valence-electron chi connectivity index (χ4n) is 6.22. The number of aliphatic imine (C=N–C) groups is 1. The fourth-order valence-corrected chi connectivity index (χ4v) is 7.91. The monoisotopic (exact) mass is 609 g/mol. The number of allylic oxidation sites excluding steroid dienone is 1. The molecule has 1 aromatic heterocycles. The molecule has 4 heterocycles. The zero-order valence-electron chi connectivity index (χ0n) is 24.3. The van der Waals surface area contributed by atoms with Gasteiger partial charge < -0.3 is 14.4 Å². The minimum atomic E-state index is -3.80. The first-order valence-corrected chi connectivity index (χ1v) is 15.6. The number of nitrogens with zero attached hydrogens (tertiary/aromatic N) is 5. The maximum Gasteiger partial charge on any atom is 0.387 e. The van der Waals surface area contributed by atoms with Crippen LogP contribution in [0.15, 0.2) is 76.8 Å². The van der Waals surface area contributed by atoms with Gasteiger partial charge >= 0.3 is 6.61 Å². The van der Waals surface area contributed by atoms with Crippen LogP contribution in [0.3, 0.4) is 0 Å². The highest BCUT2D eigenvalue weighted by Crippen LogP contribution is 2.46. The van der Waals surface area contributed by atoms with Crippen molar-refractivity contribution in [1.82, 2.24) is 19.0 Å². The van der Waals surface area contributed by atoms with E-state index < -0.39 is 22.7 Å². The molecule has 3 aliphatic heterocycles. The van der Waals surface area contributed by atoms with Crippen LogP contribution in [0.25, 0.3) is 5.69 Å². The Balaban J connectivity index is 1.50. The summed E-state index contributed by atoms with van der Waals surface area (Å²) in [5.74, 6) is 1.63. The van der Waals surface area contributed by atoms with E-state index in [1.165, 1.54) is 13.2 Å². The lowest BCUT2D eigenvalue weighted by atomic mass is 9.94. The van der Waals surface area contributed by atoms with E-state index in [1.54, 1.807) is 44.4 Å². The number of piperidine rings is 1. The highest BCUT2D eigenvalue weighted by Gasteiger charge is 2.39. The molecule has 226 valence electrons. The maximum absolute atomic E-state index is 13.9. The fraction of sp³-hybridized carbons (Fsp3) is 0.355. The lowest BCUT2D eigenvalue weighted by Crippen LogP contribution is -2.44. The van der Waals surface area contributed by atoms with Gasteiger partial charge in [-0.1, -0.05) is 38.1 Å². The second kappa shape index (κ2) is 11.2. The van der Waals surface area contributed by atoms with Crippen LogP contribution in [-0.4, -0.2) is 60.0 Å². The molecule has 6 rings (SSSR count). The minimum absolute atomic E-state index is 0.103. The van der Waals surface area contributed by atoms with Crippen molar-refractivity contribution in [2.75, 3.05) is 20.2 Å². The van der Waals surface area contributed by atoms with Crippen molar-refractivity contribution in [2.24, 2.45) is 16.8 Å². The Morgan fingerprint density at radius 1 is 1.00 bits per heavy atom. The van der Waals surface area contributed by atoms with Crippen LogP contribution in [-0.2, 0) is 10.0 Å². The summed E-state index contributed by atoms with van der Waals surface area (Å²) < 4.78 is 67.4. The third kappa shape index (κ3) is 5.33. The summed E-state index contributed by atoms with van der Waals surface area (Å²) in [6.45, 7) is 3.90. The van der Waals surface area contributed by atoms with E-state index in [1.807, 2.05) is 37.3 Å². The first-order chi connectivity index (χ1) is 20.6. The van der Waals surface area contributed by atoms with Crippen LogP contribution < -0.4 is 9.47 Å². The highest BCUT2D eigenvalue weighted by molar-refractivity contribution is 7.93. The number of hydrogen-bond acceptors (Lipinski definition) is 7. The molecule has 3 aliphatic rings. The average molecular weight is 610 g/mol. The Morgan fingerprint density at radius 2 is 1.72 bits per heavy atom. The maximum atomic E-state index is 13.9. The number of halogens is 2. The smallest absolute Gasteiger partial charge is 0.387 e. The van der Waals surface area contributed by atoms with Gasteiger partial charge in [0.15, 0.2) is 17.3 Å². The average Bonchev–Trinajstić information content (AvgIpc) is 3.31. The van der Waals surface area contributed by atoms with Crippen LogP contribution in [0.5, 0.6) is 11.5 Å². The summed E-state index contributed by atoms with van der Waals surface area (Å²) in [5.41, 5.74) is 2.91. The SMILES string of the molecule is COc1cc(C2c3c(C)nn(-c4ccccc4)c3N=C3C=CC(S(=O)(=O)N4CC(C)CC(C)C4)=CN32)ccc1OC(F)F. The number of rotatable bonds is 7. The van der Waals surface area contributed by atoms with Gasteiger partial charge in [0, 0.05) is 24.9 Å². The second-order valence-electron chi connectivity index (χ2n) is 11.3. The van der Waals surface area contributed by atoms with Crippen molar-refractivity contribution >= 4 is 21.7 Å². The molecule has 12 heteroatoms. The van der Waals surface area contributed by atoms with Gasteiger partial charge in [0.25, 0.3) is 0 Å². The number of benzene rings is 2. The third-order valence-electron chi connectivity index (χ3n) is 7.97. The first kappa shape index (κ1) is 29.1. The van der Waals surface area contributed by atoms with E-state index in [-0.39, 0.29) is 28.2 Å². The first-order valence-electron chi connectivity index (χ1n) is 14.1. The summed E-state index contributed by atoms with van der Waals surface area (Å²) in [6.07, 6.45) is 5.88. The van der Waals surface area contributed by atoms with Crippen molar-refractivity contribution in [3.8, 4) is 17.2 Å². The number of hydrogen-bond donors (Lipinski definition) is 0. The zero-order chi connectivity index (χ0) is 30.5. The summed E-state index contributed by atoms with van der Waals surface area (Å²) in [5, 5.41) is 4.81. The van der Waals surface area contributed by atoms with Crippen LogP contribution in [0.4, 0.5) is 14.6 Å². The Hall–Kier alpha value is -4.03. The molecule has 0 N–H and O–H groups in total. The Kier molecular flexibility index (Phi) is 7.59. The van der Waals surface area contributed by atoms with E-state index in [2.05, 4.69) is 18.6 Å². The molecular weight excluding hydrogens is 576 g/mol. The van der Waals surface area contributed by atoms with E-state index in [0.29, 0.717) is 36.0 Å². The Bertz CT molecular complexity index is 1730. The molecule has 3 aromatic rings. The molecule has 2 aromatic carbocycles. The molecule has 0 saturated carbocycles. The van der Waals surface area contributed by atoms with Crippen LogP contribution in [0, 0.1) is 18.8 Å². The predicted octanol–water partition coefficient (Wildman–Crippen LogP) is 5.94. The van der Waals surface area contributed by atoms with Crippen molar-refractivity contribution in [3.63, 3.8) is 0 Å². The number of methoxy groups -OCH3 is 1. The molecule has 3 unspecified atom stereocenters. The number of amidine groups is 1. The number of alkyl halides is 2. The molecule has 0 bridgehead atoms. The predicted molar refractivity (Wildman–Crippen MR) is 159 cm³/mol. The van der Waals surface area contributed by atoms with Gasteiger partial charge in [-0.05, 0) is 67.2 Å². The zero-order valence-corrected chi connectivity index (χ0v) is 25.1. The lowest BCUT2D eigenvalue weighted by Gasteiger charge is -2.38. The lowest BCUT2D eigenvalue weighted by molar-refractivity contribution is -0.0512. The van der Waals surface area contributed by atoms with Gasteiger partial charge in [-0.25, -0.2) is 18.1 Å². The molecule has 0 amide bonds. The van der Waals surface area contributed by atoms with Gasteiger partial charge in [0.05, 0.1) is 29.4 Å². The molecular formula is C31H33F2N5O4S. The molecule has 3 atom stereocenters. The summed E-state index contributed by atoms with van der Waals surface area (Å²) in [4.78, 5) is 6.90. The van der Waals surface area contributed by atoms with Crippen LogP contribution in [0.2, 0.25) is 0 Å². The Labute approximate surface area is 249 Å². The van der Waals surface area contributed by atoms with Crippen molar-refractivity contribution in [2.45, 2.75) is 39.8 Å². The summed E-state index contributed by atoms with van der Waals surface area (Å²) in [7, 11) is -2.42. The molecule has 1 fully saturated rings. The van der Waals surface area contributed by atoms with Gasteiger partial charge in [0.1, 0.15) is 5.84 Å². The number of ether oxygens (including phenoxy) is 2. The van der Waals surface area contributed by atoms with Gasteiger partial charge in [0.2, 0.25) is 10.0 Å². The number of aryl methyl sites for hydroxylation is 1. The second-order valence-corrected chi connectivity index (χ2v) is 13.2. The molecule has 9 nitrogen and oxygen atoms in total. The Morgan fingerprint density at radius 3 is 2.40 bits per heavy atom. The molecule has 0 radical (unpaired) electrons. The molecule has 0 aliphatic carbocycles. The minimum Gasteiger partial charge on any atom is -0.493 e. The third-order valence-corrected chi connectivity index (χ3v) is 9.79. The van der Waals surface area contributed by atoms with Crippen molar-refractivity contribution in [1.29, 1.82) is 0 Å². The topological polar surface area (TPSA) is 89.3 Å². The van der Waals surface area contributed by atoms with Crippen LogP contribution in [0.1, 0.15) is 43.1 Å². The standard InChI is InChI=1S/C31H33F2N5O4S/c1-19-14-20(2)17-36(16-19)43(39,40)24-11-13-27-34-30-28(21(3)35-38(30)23-8-6-5-7-9-23)29(37(27)18-24)22-10-12-25(42-31(32)33)26(15-22)41-4/h5-13,15,18-20,29,31H,14,16-17H2,1-4H3. The van der Waals surface area contributed by atoms with Crippen LogP contribution >= 0.6 is 0 Å². The molecule has 0 spiro atoms. The number of sulfonamides is 1.